The fourth-order valence-electron chi connectivity index (χ4n) is 1.29. The lowest BCUT2D eigenvalue weighted by Gasteiger charge is -2.18. The third-order valence-corrected chi connectivity index (χ3v) is 2.03. The maximum atomic E-state index is 5.62. The molecule has 3 heteroatoms. The zero-order valence-corrected chi connectivity index (χ0v) is 9.37. The van der Waals surface area contributed by atoms with Crippen molar-refractivity contribution in [1.82, 2.24) is 9.97 Å². The first-order chi connectivity index (χ1) is 7.04. The van der Waals surface area contributed by atoms with Gasteiger partial charge in [0.1, 0.15) is 0 Å². The minimum atomic E-state index is 0.161. The molecule has 0 aliphatic heterocycles. The van der Waals surface area contributed by atoms with Crippen molar-refractivity contribution in [3.63, 3.8) is 0 Å². The van der Waals surface area contributed by atoms with Gasteiger partial charge in [-0.15, -0.1) is 0 Å². The van der Waals surface area contributed by atoms with E-state index >= 15 is 0 Å². The third kappa shape index (κ3) is 2.49. The second-order valence-corrected chi connectivity index (χ2v) is 4.91. The van der Waals surface area contributed by atoms with Crippen LogP contribution in [0.2, 0.25) is 0 Å². The van der Waals surface area contributed by atoms with Gasteiger partial charge in [0, 0.05) is 12.3 Å². The molecule has 0 spiro atoms. The molecule has 0 fully saturated rings. The van der Waals surface area contributed by atoms with Crippen molar-refractivity contribution in [3.8, 4) is 5.88 Å². The molecule has 15 heavy (non-hydrogen) atoms. The molecule has 2 aromatic heterocycles. The van der Waals surface area contributed by atoms with E-state index in [-0.39, 0.29) is 5.41 Å². The molecule has 0 aliphatic rings. The zero-order chi connectivity index (χ0) is 10.9. The molecule has 0 amide bonds. The predicted octanol–water partition coefficient (Wildman–Crippen LogP) is 2.99. The minimum absolute atomic E-state index is 0.161. The van der Waals surface area contributed by atoms with Crippen LogP contribution in [0.25, 0.3) is 11.0 Å². The van der Waals surface area contributed by atoms with E-state index in [0.717, 1.165) is 11.0 Å². The van der Waals surface area contributed by atoms with Crippen LogP contribution in [0.5, 0.6) is 5.88 Å². The quantitative estimate of drug-likeness (QED) is 0.816. The fraction of sp³-hybridized carbons (Fsp3) is 0.417. The number of nitrogens with zero attached hydrogens (tertiary/aromatic N) is 1. The monoisotopic (exact) mass is 204 g/mol. The Balaban J connectivity index is 2.15. The number of pyridine rings is 1. The van der Waals surface area contributed by atoms with Crippen molar-refractivity contribution in [2.75, 3.05) is 6.61 Å². The van der Waals surface area contributed by atoms with E-state index in [1.54, 1.807) is 0 Å². The van der Waals surface area contributed by atoms with Gasteiger partial charge in [-0.25, -0.2) is 4.98 Å². The largest absolute Gasteiger partial charge is 0.477 e. The normalized spacial score (nSPS) is 11.9. The first-order valence-corrected chi connectivity index (χ1v) is 5.11. The predicted molar refractivity (Wildman–Crippen MR) is 61.0 cm³/mol. The third-order valence-electron chi connectivity index (χ3n) is 2.03. The van der Waals surface area contributed by atoms with Gasteiger partial charge in [0.15, 0.2) is 0 Å². The Kier molecular flexibility index (Phi) is 2.39. The van der Waals surface area contributed by atoms with E-state index in [0.29, 0.717) is 12.5 Å². The molecule has 0 radical (unpaired) electrons. The fourth-order valence-corrected chi connectivity index (χ4v) is 1.29. The maximum absolute atomic E-state index is 5.62. The van der Waals surface area contributed by atoms with Crippen LogP contribution in [0.4, 0.5) is 0 Å². The Morgan fingerprint density at radius 2 is 2.07 bits per heavy atom. The number of ether oxygens (including phenoxy) is 1. The highest BCUT2D eigenvalue weighted by Crippen LogP contribution is 2.18. The van der Waals surface area contributed by atoms with E-state index in [9.17, 15) is 0 Å². The molecule has 0 aromatic carbocycles. The van der Waals surface area contributed by atoms with Crippen molar-refractivity contribution < 1.29 is 4.74 Å². The molecule has 2 aromatic rings. The number of hydrogen-bond donors (Lipinski definition) is 1. The topological polar surface area (TPSA) is 37.9 Å². The van der Waals surface area contributed by atoms with Gasteiger partial charge in [-0.3, -0.25) is 0 Å². The molecular formula is C12H16N2O. The lowest BCUT2D eigenvalue weighted by atomic mass is 9.99. The van der Waals surface area contributed by atoms with Crippen molar-refractivity contribution in [2.45, 2.75) is 20.8 Å². The summed E-state index contributed by atoms with van der Waals surface area (Å²) in [4.78, 5) is 7.49. The van der Waals surface area contributed by atoms with Crippen molar-refractivity contribution >= 4 is 11.0 Å². The van der Waals surface area contributed by atoms with Crippen LogP contribution in [0.15, 0.2) is 24.4 Å². The van der Waals surface area contributed by atoms with Crippen molar-refractivity contribution in [1.29, 1.82) is 0 Å². The number of nitrogens with one attached hydrogen (secondary N) is 1. The highest BCUT2D eigenvalue weighted by Gasteiger charge is 2.11. The molecule has 0 atom stereocenters. The number of rotatable bonds is 2. The van der Waals surface area contributed by atoms with Gasteiger partial charge in [-0.2, -0.15) is 0 Å². The molecule has 0 aliphatic carbocycles. The van der Waals surface area contributed by atoms with E-state index in [2.05, 4.69) is 30.7 Å². The minimum Gasteiger partial charge on any atom is -0.477 e. The van der Waals surface area contributed by atoms with Gasteiger partial charge >= 0.3 is 0 Å². The van der Waals surface area contributed by atoms with Gasteiger partial charge in [-0.05, 0) is 17.5 Å². The van der Waals surface area contributed by atoms with Crippen LogP contribution in [0, 0.1) is 5.41 Å². The number of fused-ring (bicyclic) bond motifs is 1. The van der Waals surface area contributed by atoms with Crippen LogP contribution in [0.3, 0.4) is 0 Å². The molecule has 0 saturated heterocycles. The summed E-state index contributed by atoms with van der Waals surface area (Å²) in [6, 6.07) is 5.82. The molecule has 0 saturated carbocycles. The second kappa shape index (κ2) is 3.57. The van der Waals surface area contributed by atoms with Gasteiger partial charge in [-0.1, -0.05) is 20.8 Å². The standard InChI is InChI=1S/C12H16N2O/c1-12(2,3)8-15-11-5-4-9-10(14-11)6-7-13-9/h4-7,13H,8H2,1-3H3. The van der Waals surface area contributed by atoms with Crippen molar-refractivity contribution in [2.24, 2.45) is 5.41 Å². The lowest BCUT2D eigenvalue weighted by Crippen LogP contribution is -2.17. The highest BCUT2D eigenvalue weighted by atomic mass is 16.5. The van der Waals surface area contributed by atoms with Crippen LogP contribution in [-0.4, -0.2) is 16.6 Å². The first-order valence-electron chi connectivity index (χ1n) is 5.11. The van der Waals surface area contributed by atoms with Crippen molar-refractivity contribution in [3.05, 3.63) is 24.4 Å². The summed E-state index contributed by atoms with van der Waals surface area (Å²) in [6.07, 6.45) is 1.88. The molecule has 3 nitrogen and oxygen atoms in total. The van der Waals surface area contributed by atoms with Gasteiger partial charge in [0.2, 0.25) is 5.88 Å². The first kappa shape index (κ1) is 10.0. The van der Waals surface area contributed by atoms with E-state index < -0.39 is 0 Å². The highest BCUT2D eigenvalue weighted by molar-refractivity contribution is 5.75. The molecule has 2 rings (SSSR count). The number of aromatic nitrogens is 2. The number of hydrogen-bond acceptors (Lipinski definition) is 2. The van der Waals surface area contributed by atoms with E-state index in [1.165, 1.54) is 0 Å². The van der Waals surface area contributed by atoms with Gasteiger partial charge in [0.25, 0.3) is 0 Å². The van der Waals surface area contributed by atoms with E-state index in [4.69, 9.17) is 4.74 Å². The average Bonchev–Trinajstić information content (AvgIpc) is 2.60. The molecular weight excluding hydrogens is 188 g/mol. The summed E-state index contributed by atoms with van der Waals surface area (Å²) in [5, 5.41) is 0. The zero-order valence-electron chi connectivity index (χ0n) is 9.37. The summed E-state index contributed by atoms with van der Waals surface area (Å²) >= 11 is 0. The molecule has 0 unspecified atom stereocenters. The lowest BCUT2D eigenvalue weighted by molar-refractivity contribution is 0.192. The Bertz CT molecular complexity index is 454. The maximum Gasteiger partial charge on any atom is 0.213 e. The average molecular weight is 204 g/mol. The van der Waals surface area contributed by atoms with Gasteiger partial charge in [0.05, 0.1) is 17.6 Å². The Hall–Kier alpha value is -1.51. The molecule has 0 bridgehead atoms. The summed E-state index contributed by atoms with van der Waals surface area (Å²) in [5.74, 6) is 0.692. The van der Waals surface area contributed by atoms with Crippen LogP contribution >= 0.6 is 0 Å². The van der Waals surface area contributed by atoms with Crippen LogP contribution in [-0.2, 0) is 0 Å². The Labute approximate surface area is 89.5 Å². The number of H-pyrrole nitrogens is 1. The smallest absolute Gasteiger partial charge is 0.213 e. The van der Waals surface area contributed by atoms with Gasteiger partial charge < -0.3 is 9.72 Å². The second-order valence-electron chi connectivity index (χ2n) is 4.91. The summed E-state index contributed by atoms with van der Waals surface area (Å²) in [7, 11) is 0. The summed E-state index contributed by atoms with van der Waals surface area (Å²) in [6.45, 7) is 7.10. The molecule has 80 valence electrons. The number of aromatic amines is 1. The molecule has 2 heterocycles. The Morgan fingerprint density at radius 3 is 2.80 bits per heavy atom. The Morgan fingerprint density at radius 1 is 1.27 bits per heavy atom. The van der Waals surface area contributed by atoms with Crippen LogP contribution in [0.1, 0.15) is 20.8 Å². The van der Waals surface area contributed by atoms with E-state index in [1.807, 2.05) is 24.4 Å². The SMILES string of the molecule is CC(C)(C)COc1ccc2[nH]ccc2n1. The summed E-state index contributed by atoms with van der Waals surface area (Å²) in [5.41, 5.74) is 2.15. The summed E-state index contributed by atoms with van der Waals surface area (Å²) < 4.78 is 5.62. The molecule has 1 N–H and O–H groups in total. The van der Waals surface area contributed by atoms with Crippen LogP contribution < -0.4 is 4.74 Å².